The molecule has 0 saturated carbocycles. The molecule has 0 aliphatic rings. The number of nitrogens with zero attached hydrogens (tertiary/aromatic N) is 1. The smallest absolute Gasteiger partial charge is 0.271 e. The zero-order valence-electron chi connectivity index (χ0n) is 10.7. The summed E-state index contributed by atoms with van der Waals surface area (Å²) in [5.74, 6) is -0.557. The van der Waals surface area contributed by atoms with Crippen molar-refractivity contribution in [3.63, 3.8) is 0 Å². The molecular formula is C14H11ClN2O4. The number of anilines is 1. The Bertz CT molecular complexity index is 673. The molecule has 2 N–H and O–H groups in total. The topological polar surface area (TPSA) is 92.5 Å². The van der Waals surface area contributed by atoms with Gasteiger partial charge in [0.05, 0.1) is 4.92 Å². The number of carbonyl (C=O) groups excluding carboxylic acids is 1. The van der Waals surface area contributed by atoms with Gasteiger partial charge in [0.15, 0.2) is 6.23 Å². The maximum Gasteiger partial charge on any atom is 0.271 e. The first kappa shape index (κ1) is 15.0. The van der Waals surface area contributed by atoms with Gasteiger partial charge in [-0.1, -0.05) is 17.7 Å². The van der Waals surface area contributed by atoms with Crippen molar-refractivity contribution in [2.24, 2.45) is 0 Å². The summed E-state index contributed by atoms with van der Waals surface area (Å²) in [6, 6.07) is 11.6. The van der Waals surface area contributed by atoms with Crippen LogP contribution in [0.2, 0.25) is 5.02 Å². The van der Waals surface area contributed by atoms with E-state index in [4.69, 9.17) is 11.6 Å². The number of aliphatic hydroxyl groups is 1. The Morgan fingerprint density at radius 3 is 2.52 bits per heavy atom. The van der Waals surface area contributed by atoms with Gasteiger partial charge in [-0.25, -0.2) is 0 Å². The molecule has 21 heavy (non-hydrogen) atoms. The number of hydrogen-bond donors (Lipinski definition) is 2. The number of nitro groups is 1. The van der Waals surface area contributed by atoms with E-state index in [0.717, 1.165) is 0 Å². The molecule has 0 aliphatic heterocycles. The van der Waals surface area contributed by atoms with E-state index in [-0.39, 0.29) is 16.9 Å². The Kier molecular flexibility index (Phi) is 4.52. The predicted octanol–water partition coefficient (Wildman–Crippen LogP) is 2.86. The summed E-state index contributed by atoms with van der Waals surface area (Å²) in [5, 5.41) is 23.5. The molecule has 0 spiro atoms. The van der Waals surface area contributed by atoms with Crippen LogP contribution in [0.4, 0.5) is 11.4 Å². The number of nitro benzene ring substituents is 1. The first-order chi connectivity index (χ1) is 9.97. The van der Waals surface area contributed by atoms with Crippen molar-refractivity contribution in [2.75, 3.05) is 5.32 Å². The molecule has 0 bridgehead atoms. The van der Waals surface area contributed by atoms with E-state index in [1.807, 2.05) is 0 Å². The van der Waals surface area contributed by atoms with E-state index < -0.39 is 16.9 Å². The third-order valence-corrected chi connectivity index (χ3v) is 2.99. The normalized spacial score (nSPS) is 11.7. The molecule has 0 aromatic heterocycles. The van der Waals surface area contributed by atoms with Crippen molar-refractivity contribution in [1.82, 2.24) is 0 Å². The lowest BCUT2D eigenvalue weighted by atomic mass is 10.1. The summed E-state index contributed by atoms with van der Waals surface area (Å²) in [4.78, 5) is 22.1. The second-order valence-corrected chi connectivity index (χ2v) is 4.66. The zero-order valence-corrected chi connectivity index (χ0v) is 11.4. The molecular weight excluding hydrogens is 296 g/mol. The number of benzene rings is 2. The number of rotatable bonds is 5. The molecule has 108 valence electrons. The van der Waals surface area contributed by atoms with Crippen LogP contribution in [0.25, 0.3) is 0 Å². The lowest BCUT2D eigenvalue weighted by Crippen LogP contribution is -2.29. The summed E-state index contributed by atoms with van der Waals surface area (Å²) in [6.07, 6.45) is -1.51. The van der Waals surface area contributed by atoms with Crippen LogP contribution in [0.3, 0.4) is 0 Å². The molecule has 0 aliphatic carbocycles. The Morgan fingerprint density at radius 2 is 1.90 bits per heavy atom. The minimum Gasteiger partial charge on any atom is -0.367 e. The number of aliphatic hydroxyl groups excluding tert-OH is 1. The molecule has 2 aromatic carbocycles. The SMILES string of the molecule is O=C(c1ccc(Cl)cc1)C(O)Nc1cccc([N+](=O)[O-])c1. The van der Waals surface area contributed by atoms with Crippen molar-refractivity contribution in [3.8, 4) is 0 Å². The number of halogens is 1. The van der Waals surface area contributed by atoms with Crippen molar-refractivity contribution >= 4 is 28.8 Å². The average molecular weight is 307 g/mol. The van der Waals surface area contributed by atoms with Crippen LogP contribution >= 0.6 is 11.6 Å². The van der Waals surface area contributed by atoms with Gasteiger partial charge in [0.25, 0.3) is 5.69 Å². The fraction of sp³-hybridized carbons (Fsp3) is 0.0714. The Balaban J connectivity index is 2.12. The molecule has 1 unspecified atom stereocenters. The van der Waals surface area contributed by atoms with Gasteiger partial charge in [-0.05, 0) is 30.3 Å². The van der Waals surface area contributed by atoms with E-state index in [1.165, 1.54) is 48.5 Å². The van der Waals surface area contributed by atoms with E-state index in [0.29, 0.717) is 5.02 Å². The molecule has 2 rings (SSSR count). The lowest BCUT2D eigenvalue weighted by molar-refractivity contribution is -0.384. The van der Waals surface area contributed by atoms with Crippen LogP contribution < -0.4 is 5.32 Å². The predicted molar refractivity (Wildman–Crippen MR) is 78.5 cm³/mol. The largest absolute Gasteiger partial charge is 0.367 e. The minimum atomic E-state index is -1.51. The highest BCUT2D eigenvalue weighted by Gasteiger charge is 2.17. The van der Waals surface area contributed by atoms with Crippen molar-refractivity contribution in [2.45, 2.75) is 6.23 Å². The summed E-state index contributed by atoms with van der Waals surface area (Å²) in [5.41, 5.74) is 0.426. The summed E-state index contributed by atoms with van der Waals surface area (Å²) in [7, 11) is 0. The van der Waals surface area contributed by atoms with Gasteiger partial charge in [0.2, 0.25) is 5.78 Å². The van der Waals surface area contributed by atoms with Crippen molar-refractivity contribution < 1.29 is 14.8 Å². The summed E-state index contributed by atoms with van der Waals surface area (Å²) >= 11 is 5.72. The van der Waals surface area contributed by atoms with Crippen molar-refractivity contribution in [3.05, 3.63) is 69.2 Å². The molecule has 0 fully saturated rings. The average Bonchev–Trinajstić information content (AvgIpc) is 2.47. The Hall–Kier alpha value is -2.44. The van der Waals surface area contributed by atoms with Gasteiger partial charge >= 0.3 is 0 Å². The number of Topliss-reactive ketones (excluding diaryl/α,β-unsaturated/α-hetero) is 1. The Morgan fingerprint density at radius 1 is 1.24 bits per heavy atom. The van der Waals surface area contributed by atoms with E-state index in [1.54, 1.807) is 0 Å². The van der Waals surface area contributed by atoms with Gasteiger partial charge in [0.1, 0.15) is 0 Å². The van der Waals surface area contributed by atoms with Gasteiger partial charge in [-0.2, -0.15) is 0 Å². The maximum atomic E-state index is 12.0. The number of nitrogens with one attached hydrogen (secondary N) is 1. The summed E-state index contributed by atoms with van der Waals surface area (Å²) < 4.78 is 0. The lowest BCUT2D eigenvalue weighted by Gasteiger charge is -2.13. The fourth-order valence-electron chi connectivity index (χ4n) is 1.70. The highest BCUT2D eigenvalue weighted by atomic mass is 35.5. The first-order valence-corrected chi connectivity index (χ1v) is 6.34. The van der Waals surface area contributed by atoms with Crippen LogP contribution in [0.5, 0.6) is 0 Å². The van der Waals surface area contributed by atoms with Crippen LogP contribution in [0, 0.1) is 10.1 Å². The van der Waals surface area contributed by atoms with E-state index in [2.05, 4.69) is 5.32 Å². The molecule has 1 atom stereocenters. The van der Waals surface area contributed by atoms with Crippen LogP contribution in [0.15, 0.2) is 48.5 Å². The highest BCUT2D eigenvalue weighted by Crippen LogP contribution is 2.18. The van der Waals surface area contributed by atoms with Gasteiger partial charge in [-0.15, -0.1) is 0 Å². The highest BCUT2D eigenvalue weighted by molar-refractivity contribution is 6.30. The third kappa shape index (κ3) is 3.77. The molecule has 7 heteroatoms. The standard InChI is InChI=1S/C14H11ClN2O4/c15-10-6-4-9(5-7-10)13(18)14(19)16-11-2-1-3-12(8-11)17(20)21/h1-8,14,16,19H. The monoisotopic (exact) mass is 306 g/mol. The molecule has 0 amide bonds. The molecule has 2 aromatic rings. The number of carbonyl (C=O) groups is 1. The fourth-order valence-corrected chi connectivity index (χ4v) is 1.83. The van der Waals surface area contributed by atoms with E-state index >= 15 is 0 Å². The first-order valence-electron chi connectivity index (χ1n) is 5.96. The van der Waals surface area contributed by atoms with Gasteiger partial charge in [-0.3, -0.25) is 14.9 Å². The zero-order chi connectivity index (χ0) is 15.4. The number of hydrogen-bond acceptors (Lipinski definition) is 5. The number of non-ortho nitro benzene ring substituents is 1. The van der Waals surface area contributed by atoms with Gasteiger partial charge in [0, 0.05) is 28.4 Å². The van der Waals surface area contributed by atoms with Gasteiger partial charge < -0.3 is 10.4 Å². The molecule has 0 heterocycles. The number of ketones is 1. The van der Waals surface area contributed by atoms with Crippen molar-refractivity contribution in [1.29, 1.82) is 0 Å². The van der Waals surface area contributed by atoms with Crippen LogP contribution in [-0.4, -0.2) is 22.0 Å². The molecule has 0 saturated heterocycles. The second-order valence-electron chi connectivity index (χ2n) is 4.23. The Labute approximate surface area is 125 Å². The minimum absolute atomic E-state index is 0.133. The quantitative estimate of drug-likeness (QED) is 0.383. The third-order valence-electron chi connectivity index (χ3n) is 2.74. The molecule has 0 radical (unpaired) electrons. The van der Waals surface area contributed by atoms with Crippen LogP contribution in [0.1, 0.15) is 10.4 Å². The molecule has 6 nitrogen and oxygen atoms in total. The van der Waals surface area contributed by atoms with E-state index in [9.17, 15) is 20.0 Å². The second kappa shape index (κ2) is 6.34. The maximum absolute atomic E-state index is 12.0. The summed E-state index contributed by atoms with van der Waals surface area (Å²) in [6.45, 7) is 0. The van der Waals surface area contributed by atoms with Crippen LogP contribution in [-0.2, 0) is 0 Å².